The van der Waals surface area contributed by atoms with Crippen LogP contribution in [0.4, 0.5) is 0 Å². The lowest BCUT2D eigenvalue weighted by Gasteiger charge is -2.10. The zero-order valence-corrected chi connectivity index (χ0v) is 12.6. The van der Waals surface area contributed by atoms with Gasteiger partial charge in [0.15, 0.2) is 0 Å². The summed E-state index contributed by atoms with van der Waals surface area (Å²) < 4.78 is 5.60. The van der Waals surface area contributed by atoms with E-state index in [2.05, 4.69) is 19.2 Å². The molecule has 1 unspecified atom stereocenters. The summed E-state index contributed by atoms with van der Waals surface area (Å²) in [6.07, 6.45) is 1.14. The molecule has 4 heteroatoms. The predicted molar refractivity (Wildman–Crippen MR) is 80.0 cm³/mol. The van der Waals surface area contributed by atoms with E-state index < -0.39 is 0 Å². The topological polar surface area (TPSA) is 58.6 Å². The van der Waals surface area contributed by atoms with Crippen LogP contribution in [0.1, 0.15) is 44.0 Å². The van der Waals surface area contributed by atoms with Crippen LogP contribution in [-0.2, 0) is 0 Å². The summed E-state index contributed by atoms with van der Waals surface area (Å²) in [7, 11) is 0. The number of hydrogen-bond acceptors (Lipinski definition) is 3. The third-order valence-electron chi connectivity index (χ3n) is 2.76. The molecule has 1 amide bonds. The molecule has 0 spiro atoms. The molecule has 112 valence electrons. The molecule has 0 aliphatic carbocycles. The average molecular weight is 279 g/mol. The van der Waals surface area contributed by atoms with Crippen molar-refractivity contribution in [3.8, 4) is 5.75 Å². The summed E-state index contributed by atoms with van der Waals surface area (Å²) in [6, 6.07) is 7.20. The molecule has 0 bridgehead atoms. The zero-order valence-electron chi connectivity index (χ0n) is 12.6. The van der Waals surface area contributed by atoms with Gasteiger partial charge in [0.25, 0.3) is 5.91 Å². The van der Waals surface area contributed by atoms with E-state index in [1.54, 1.807) is 19.1 Å². The Morgan fingerprint density at radius 3 is 2.75 bits per heavy atom. The highest BCUT2D eigenvalue weighted by molar-refractivity contribution is 5.94. The van der Waals surface area contributed by atoms with E-state index in [1.807, 2.05) is 12.1 Å². The van der Waals surface area contributed by atoms with Crippen LogP contribution in [0, 0.1) is 5.92 Å². The lowest BCUT2D eigenvalue weighted by atomic mass is 10.2. The number of carbonyl (C=O) groups is 1. The number of ether oxygens (including phenoxy) is 1. The summed E-state index contributed by atoms with van der Waals surface area (Å²) in [5.74, 6) is 1.06. The molecular formula is C16H25NO3. The van der Waals surface area contributed by atoms with E-state index in [0.717, 1.165) is 12.2 Å². The molecule has 1 aromatic rings. The van der Waals surface area contributed by atoms with E-state index in [1.165, 1.54) is 0 Å². The molecule has 2 N–H and O–H groups in total. The van der Waals surface area contributed by atoms with Gasteiger partial charge < -0.3 is 15.2 Å². The molecule has 0 radical (unpaired) electrons. The van der Waals surface area contributed by atoms with Crippen molar-refractivity contribution in [3.05, 3.63) is 29.8 Å². The van der Waals surface area contributed by atoms with Crippen LogP contribution in [0.3, 0.4) is 0 Å². The Morgan fingerprint density at radius 1 is 1.35 bits per heavy atom. The minimum absolute atomic E-state index is 0.106. The molecule has 1 rings (SSSR count). The second-order valence-corrected chi connectivity index (χ2v) is 5.48. The van der Waals surface area contributed by atoms with Crippen molar-refractivity contribution in [1.82, 2.24) is 5.32 Å². The number of rotatable bonds is 8. The lowest BCUT2D eigenvalue weighted by molar-refractivity contribution is 0.0949. The third-order valence-corrected chi connectivity index (χ3v) is 2.76. The molecule has 0 saturated carbocycles. The lowest BCUT2D eigenvalue weighted by Crippen LogP contribution is -2.25. The first-order valence-electron chi connectivity index (χ1n) is 7.18. The van der Waals surface area contributed by atoms with Gasteiger partial charge in [-0.25, -0.2) is 0 Å². The normalized spacial score (nSPS) is 12.2. The summed E-state index contributed by atoms with van der Waals surface area (Å²) in [5.41, 5.74) is 0.600. The fraction of sp³-hybridized carbons (Fsp3) is 0.562. The fourth-order valence-corrected chi connectivity index (χ4v) is 1.69. The van der Waals surface area contributed by atoms with Gasteiger partial charge in [0.2, 0.25) is 0 Å². The largest absolute Gasteiger partial charge is 0.493 e. The number of aliphatic hydroxyl groups excluding tert-OH is 1. The van der Waals surface area contributed by atoms with Crippen molar-refractivity contribution in [2.75, 3.05) is 13.2 Å². The van der Waals surface area contributed by atoms with Crippen LogP contribution in [0.5, 0.6) is 5.75 Å². The molecule has 4 nitrogen and oxygen atoms in total. The Balaban J connectivity index is 2.45. The first-order chi connectivity index (χ1) is 9.49. The van der Waals surface area contributed by atoms with E-state index in [9.17, 15) is 4.79 Å². The van der Waals surface area contributed by atoms with Crippen LogP contribution in [0.15, 0.2) is 24.3 Å². The highest BCUT2D eigenvalue weighted by Crippen LogP contribution is 2.14. The maximum absolute atomic E-state index is 12.0. The van der Waals surface area contributed by atoms with Gasteiger partial charge >= 0.3 is 0 Å². The number of benzene rings is 1. The number of aliphatic hydroxyl groups is 1. The second-order valence-electron chi connectivity index (χ2n) is 5.48. The van der Waals surface area contributed by atoms with Gasteiger partial charge in [-0.05, 0) is 43.9 Å². The number of carbonyl (C=O) groups excluding carboxylic acids is 1. The van der Waals surface area contributed by atoms with Crippen molar-refractivity contribution in [1.29, 1.82) is 0 Å². The highest BCUT2D eigenvalue weighted by Gasteiger charge is 2.07. The van der Waals surface area contributed by atoms with E-state index in [4.69, 9.17) is 9.84 Å². The summed E-state index contributed by atoms with van der Waals surface area (Å²) in [5, 5.41) is 12.0. The third kappa shape index (κ3) is 6.57. The van der Waals surface area contributed by atoms with Gasteiger partial charge in [0.05, 0.1) is 12.7 Å². The van der Waals surface area contributed by atoms with Crippen LogP contribution >= 0.6 is 0 Å². The molecule has 0 heterocycles. The Bertz CT molecular complexity index is 416. The van der Waals surface area contributed by atoms with Crippen molar-refractivity contribution in [3.63, 3.8) is 0 Å². The maximum Gasteiger partial charge on any atom is 0.251 e. The first-order valence-corrected chi connectivity index (χ1v) is 7.18. The number of amides is 1. The molecule has 0 fully saturated rings. The van der Waals surface area contributed by atoms with Gasteiger partial charge in [0.1, 0.15) is 5.75 Å². The van der Waals surface area contributed by atoms with Crippen molar-refractivity contribution < 1.29 is 14.6 Å². The van der Waals surface area contributed by atoms with Gasteiger partial charge in [-0.3, -0.25) is 4.79 Å². The summed E-state index contributed by atoms with van der Waals surface area (Å²) >= 11 is 0. The van der Waals surface area contributed by atoms with Crippen LogP contribution in [-0.4, -0.2) is 30.3 Å². The van der Waals surface area contributed by atoms with Crippen LogP contribution in [0.2, 0.25) is 0 Å². The summed E-state index contributed by atoms with van der Waals surface area (Å²) in [6.45, 7) is 7.12. The van der Waals surface area contributed by atoms with E-state index in [-0.39, 0.29) is 12.0 Å². The monoisotopic (exact) mass is 279 g/mol. The van der Waals surface area contributed by atoms with Crippen molar-refractivity contribution in [2.45, 2.75) is 39.7 Å². The fourth-order valence-electron chi connectivity index (χ4n) is 1.69. The average Bonchev–Trinajstić information content (AvgIpc) is 2.41. The molecule has 0 saturated heterocycles. The van der Waals surface area contributed by atoms with Gasteiger partial charge in [-0.1, -0.05) is 19.9 Å². The van der Waals surface area contributed by atoms with Crippen molar-refractivity contribution in [2.24, 2.45) is 5.92 Å². The van der Waals surface area contributed by atoms with Gasteiger partial charge in [-0.15, -0.1) is 0 Å². The highest BCUT2D eigenvalue weighted by atomic mass is 16.5. The van der Waals surface area contributed by atoms with E-state index >= 15 is 0 Å². The first kappa shape index (κ1) is 16.5. The Morgan fingerprint density at radius 2 is 2.10 bits per heavy atom. The minimum atomic E-state index is -0.320. The predicted octanol–water partition coefficient (Wildman–Crippen LogP) is 2.61. The van der Waals surface area contributed by atoms with E-state index in [0.29, 0.717) is 31.1 Å². The number of hydrogen-bond donors (Lipinski definition) is 2. The Labute approximate surface area is 121 Å². The smallest absolute Gasteiger partial charge is 0.251 e. The zero-order chi connectivity index (χ0) is 15.0. The quantitative estimate of drug-likeness (QED) is 0.719. The second kappa shape index (κ2) is 8.59. The summed E-state index contributed by atoms with van der Waals surface area (Å²) in [4.78, 5) is 12.0. The minimum Gasteiger partial charge on any atom is -0.493 e. The molecule has 1 aromatic carbocycles. The maximum atomic E-state index is 12.0. The van der Waals surface area contributed by atoms with Crippen LogP contribution in [0.25, 0.3) is 0 Å². The van der Waals surface area contributed by atoms with Crippen molar-refractivity contribution >= 4 is 5.91 Å². The molecule has 0 aromatic heterocycles. The molecule has 1 atom stereocenters. The molecular weight excluding hydrogens is 254 g/mol. The van der Waals surface area contributed by atoms with Gasteiger partial charge in [-0.2, -0.15) is 0 Å². The molecule has 0 aliphatic heterocycles. The molecule has 0 aliphatic rings. The SMILES string of the molecule is CC(C)COc1cccc(C(=O)NCCCC(C)O)c1. The standard InChI is InChI=1S/C16H25NO3/c1-12(2)11-20-15-8-4-7-14(10-15)16(19)17-9-5-6-13(3)18/h4,7-8,10,12-13,18H,5-6,9,11H2,1-3H3,(H,17,19). The molecule has 20 heavy (non-hydrogen) atoms. The van der Waals surface area contributed by atoms with Crippen LogP contribution < -0.4 is 10.1 Å². The number of nitrogens with one attached hydrogen (secondary N) is 1. The Hall–Kier alpha value is -1.55. The Kier molecular flexibility index (Phi) is 7.09. The van der Waals surface area contributed by atoms with Gasteiger partial charge in [0, 0.05) is 12.1 Å².